The summed E-state index contributed by atoms with van der Waals surface area (Å²) in [5.74, 6) is 0.500. The largest absolute Gasteiger partial charge is 0.456 e. The molecular formula is C15H10ClNO2. The highest BCUT2D eigenvalue weighted by atomic mass is 35.5. The van der Waals surface area contributed by atoms with Gasteiger partial charge in [-0.3, -0.25) is 4.79 Å². The highest BCUT2D eigenvalue weighted by Crippen LogP contribution is 2.24. The maximum Gasteiger partial charge on any atom is 0.193 e. The Morgan fingerprint density at radius 1 is 1.00 bits per heavy atom. The second-order valence-corrected chi connectivity index (χ2v) is 4.67. The zero-order valence-corrected chi connectivity index (χ0v) is 10.6. The van der Waals surface area contributed by atoms with Crippen LogP contribution in [0.15, 0.2) is 57.7 Å². The van der Waals surface area contributed by atoms with Gasteiger partial charge in [0.05, 0.1) is 5.39 Å². The minimum atomic E-state index is -0.0928. The first kappa shape index (κ1) is 11.8. The molecule has 19 heavy (non-hydrogen) atoms. The van der Waals surface area contributed by atoms with Gasteiger partial charge in [-0.05, 0) is 36.4 Å². The number of benzene rings is 2. The van der Waals surface area contributed by atoms with Crippen LogP contribution in [0.25, 0.3) is 22.3 Å². The Hall–Kier alpha value is -2.26. The lowest BCUT2D eigenvalue weighted by Gasteiger charge is -2.04. The molecule has 2 aromatic carbocycles. The van der Waals surface area contributed by atoms with E-state index in [-0.39, 0.29) is 5.43 Å². The van der Waals surface area contributed by atoms with Gasteiger partial charge in [-0.25, -0.2) is 0 Å². The number of nitrogen functional groups attached to an aromatic ring is 1. The van der Waals surface area contributed by atoms with Crippen LogP contribution in [0.2, 0.25) is 5.02 Å². The van der Waals surface area contributed by atoms with Crippen molar-refractivity contribution in [1.29, 1.82) is 0 Å². The van der Waals surface area contributed by atoms with E-state index in [9.17, 15) is 4.79 Å². The van der Waals surface area contributed by atoms with Crippen molar-refractivity contribution in [2.24, 2.45) is 0 Å². The van der Waals surface area contributed by atoms with Gasteiger partial charge in [-0.1, -0.05) is 11.6 Å². The Labute approximate surface area is 114 Å². The average molecular weight is 272 g/mol. The highest BCUT2D eigenvalue weighted by Gasteiger charge is 2.07. The van der Waals surface area contributed by atoms with Gasteiger partial charge < -0.3 is 10.2 Å². The van der Waals surface area contributed by atoms with Gasteiger partial charge >= 0.3 is 0 Å². The van der Waals surface area contributed by atoms with Crippen LogP contribution in [0.5, 0.6) is 0 Å². The normalized spacial score (nSPS) is 10.8. The number of halogens is 1. The Morgan fingerprint density at radius 2 is 1.74 bits per heavy atom. The lowest BCUT2D eigenvalue weighted by atomic mass is 10.1. The van der Waals surface area contributed by atoms with Gasteiger partial charge in [0.1, 0.15) is 11.3 Å². The van der Waals surface area contributed by atoms with Crippen LogP contribution in [0.3, 0.4) is 0 Å². The molecule has 0 atom stereocenters. The number of anilines is 1. The summed E-state index contributed by atoms with van der Waals surface area (Å²) < 4.78 is 5.72. The van der Waals surface area contributed by atoms with Gasteiger partial charge in [0, 0.05) is 28.4 Å². The minimum Gasteiger partial charge on any atom is -0.456 e. The lowest BCUT2D eigenvalue weighted by molar-refractivity contribution is 0.619. The standard InChI is InChI=1S/C15H10ClNO2/c16-10-3-6-12-13(18)8-14(19-15(12)7-10)9-1-4-11(17)5-2-9/h1-8H,17H2. The topological polar surface area (TPSA) is 56.2 Å². The molecule has 2 N–H and O–H groups in total. The van der Waals surface area contributed by atoms with Crippen molar-refractivity contribution in [3.05, 3.63) is 63.8 Å². The van der Waals surface area contributed by atoms with Gasteiger partial charge in [0.25, 0.3) is 0 Å². The predicted molar refractivity (Wildman–Crippen MR) is 77.3 cm³/mol. The van der Waals surface area contributed by atoms with Crippen LogP contribution in [0.1, 0.15) is 0 Å². The van der Waals surface area contributed by atoms with E-state index in [1.54, 1.807) is 30.3 Å². The highest BCUT2D eigenvalue weighted by molar-refractivity contribution is 6.31. The molecule has 3 nitrogen and oxygen atoms in total. The number of hydrogen-bond donors (Lipinski definition) is 1. The van der Waals surface area contributed by atoms with Gasteiger partial charge in [-0.2, -0.15) is 0 Å². The summed E-state index contributed by atoms with van der Waals surface area (Å²) >= 11 is 5.91. The molecule has 0 bridgehead atoms. The average Bonchev–Trinajstić information content (AvgIpc) is 2.38. The Balaban J connectivity index is 2.25. The van der Waals surface area contributed by atoms with Crippen LogP contribution in [-0.2, 0) is 0 Å². The number of hydrogen-bond acceptors (Lipinski definition) is 3. The molecule has 0 aliphatic rings. The Kier molecular flexibility index (Phi) is 2.76. The molecule has 3 rings (SSSR count). The van der Waals surface area contributed by atoms with Crippen molar-refractivity contribution in [2.45, 2.75) is 0 Å². The molecule has 0 saturated heterocycles. The van der Waals surface area contributed by atoms with Gasteiger partial charge in [-0.15, -0.1) is 0 Å². The molecule has 0 aliphatic heterocycles. The van der Waals surface area contributed by atoms with Crippen LogP contribution in [0, 0.1) is 0 Å². The first-order valence-electron chi connectivity index (χ1n) is 5.73. The van der Waals surface area contributed by atoms with Gasteiger partial charge in [0.2, 0.25) is 0 Å². The molecule has 0 saturated carbocycles. The number of fused-ring (bicyclic) bond motifs is 1. The van der Waals surface area contributed by atoms with Crippen molar-refractivity contribution >= 4 is 28.3 Å². The molecule has 0 radical (unpaired) electrons. The zero-order valence-electron chi connectivity index (χ0n) is 9.89. The number of rotatable bonds is 1. The molecule has 1 heterocycles. The first-order valence-corrected chi connectivity index (χ1v) is 6.10. The van der Waals surface area contributed by atoms with E-state index < -0.39 is 0 Å². The lowest BCUT2D eigenvalue weighted by Crippen LogP contribution is -2.00. The maximum absolute atomic E-state index is 12.0. The van der Waals surface area contributed by atoms with E-state index in [0.29, 0.717) is 27.4 Å². The maximum atomic E-state index is 12.0. The molecule has 0 spiro atoms. The Bertz CT molecular complexity index is 806. The SMILES string of the molecule is Nc1ccc(-c2cc(=O)c3ccc(Cl)cc3o2)cc1. The van der Waals surface area contributed by atoms with Crippen molar-refractivity contribution < 1.29 is 4.42 Å². The molecular weight excluding hydrogens is 262 g/mol. The van der Waals surface area contributed by atoms with E-state index in [4.69, 9.17) is 21.8 Å². The van der Waals surface area contributed by atoms with Crippen LogP contribution < -0.4 is 11.2 Å². The van der Waals surface area contributed by atoms with Crippen LogP contribution >= 0.6 is 11.6 Å². The first-order chi connectivity index (χ1) is 9.13. The fourth-order valence-corrected chi connectivity index (χ4v) is 2.08. The van der Waals surface area contributed by atoms with E-state index >= 15 is 0 Å². The fraction of sp³-hybridized carbons (Fsp3) is 0. The van der Waals surface area contributed by atoms with E-state index in [2.05, 4.69) is 0 Å². The number of nitrogens with two attached hydrogens (primary N) is 1. The molecule has 0 unspecified atom stereocenters. The Morgan fingerprint density at radius 3 is 2.47 bits per heavy atom. The van der Waals surface area contributed by atoms with E-state index in [0.717, 1.165) is 5.56 Å². The third kappa shape index (κ3) is 2.20. The molecule has 0 fully saturated rings. The summed E-state index contributed by atoms with van der Waals surface area (Å²) in [6.45, 7) is 0. The van der Waals surface area contributed by atoms with Crippen molar-refractivity contribution in [1.82, 2.24) is 0 Å². The fourth-order valence-electron chi connectivity index (χ4n) is 1.92. The van der Waals surface area contributed by atoms with Crippen LogP contribution in [-0.4, -0.2) is 0 Å². The summed E-state index contributed by atoms with van der Waals surface area (Å²) in [6.07, 6.45) is 0. The smallest absolute Gasteiger partial charge is 0.193 e. The summed E-state index contributed by atoms with van der Waals surface area (Å²) in [4.78, 5) is 12.0. The zero-order chi connectivity index (χ0) is 13.4. The quantitative estimate of drug-likeness (QED) is 0.687. The summed E-state index contributed by atoms with van der Waals surface area (Å²) in [7, 11) is 0. The minimum absolute atomic E-state index is 0.0928. The van der Waals surface area contributed by atoms with E-state index in [1.165, 1.54) is 6.07 Å². The molecule has 4 heteroatoms. The molecule has 0 aliphatic carbocycles. The molecule has 0 amide bonds. The van der Waals surface area contributed by atoms with E-state index in [1.807, 2.05) is 12.1 Å². The van der Waals surface area contributed by atoms with Crippen molar-refractivity contribution in [3.8, 4) is 11.3 Å². The van der Waals surface area contributed by atoms with Crippen molar-refractivity contribution in [3.63, 3.8) is 0 Å². The monoisotopic (exact) mass is 271 g/mol. The van der Waals surface area contributed by atoms with Crippen LogP contribution in [0.4, 0.5) is 5.69 Å². The summed E-state index contributed by atoms with van der Waals surface area (Å²) in [6, 6.07) is 13.6. The molecule has 3 aromatic rings. The summed E-state index contributed by atoms with van der Waals surface area (Å²) in [5, 5.41) is 1.05. The third-order valence-electron chi connectivity index (χ3n) is 2.89. The molecule has 1 aromatic heterocycles. The van der Waals surface area contributed by atoms with Gasteiger partial charge in [0.15, 0.2) is 5.43 Å². The third-order valence-corrected chi connectivity index (χ3v) is 3.12. The predicted octanol–water partition coefficient (Wildman–Crippen LogP) is 3.70. The van der Waals surface area contributed by atoms with Crippen molar-refractivity contribution in [2.75, 3.05) is 5.73 Å². The summed E-state index contributed by atoms with van der Waals surface area (Å²) in [5.41, 5.74) is 7.48. The second kappa shape index (κ2) is 4.44. The second-order valence-electron chi connectivity index (χ2n) is 4.24. The molecule has 94 valence electrons.